The molecule has 0 radical (unpaired) electrons. The highest BCUT2D eigenvalue weighted by molar-refractivity contribution is 5.89. The molecule has 1 fully saturated rings. The van der Waals surface area contributed by atoms with Gasteiger partial charge in [0.25, 0.3) is 0 Å². The number of anilines is 1. The first-order valence-electron chi connectivity index (χ1n) is 9.32. The molecule has 7 heteroatoms. The van der Waals surface area contributed by atoms with Crippen LogP contribution in [0, 0.1) is 0 Å². The standard InChI is InChI=1S/C21H26N4O2.ClH/c22-19(16-7-3-1-4-8-16)15-20(26)25-13-11-18(12-14-25)24-21(27)23-17-9-5-2-6-10-17;/h1-10,18-19H,11-15,22H2,(H2,23,24,27);1H. The van der Waals surface area contributed by atoms with Gasteiger partial charge in [-0.25, -0.2) is 4.79 Å². The van der Waals surface area contributed by atoms with Crippen molar-refractivity contribution in [1.29, 1.82) is 0 Å². The molecule has 0 aliphatic carbocycles. The Hall–Kier alpha value is -2.57. The van der Waals surface area contributed by atoms with Gasteiger partial charge < -0.3 is 21.3 Å². The maximum Gasteiger partial charge on any atom is 0.319 e. The van der Waals surface area contributed by atoms with E-state index in [0.717, 1.165) is 24.1 Å². The Labute approximate surface area is 171 Å². The van der Waals surface area contributed by atoms with Crippen LogP contribution in [0.2, 0.25) is 0 Å². The van der Waals surface area contributed by atoms with Gasteiger partial charge in [-0.1, -0.05) is 48.5 Å². The topological polar surface area (TPSA) is 87.5 Å². The molecule has 3 rings (SSSR count). The minimum Gasteiger partial charge on any atom is -0.342 e. The second-order valence-electron chi connectivity index (χ2n) is 6.84. The van der Waals surface area contributed by atoms with Crippen LogP contribution in [0.15, 0.2) is 60.7 Å². The van der Waals surface area contributed by atoms with Crippen LogP contribution in [0.4, 0.5) is 10.5 Å². The van der Waals surface area contributed by atoms with E-state index in [4.69, 9.17) is 5.73 Å². The van der Waals surface area contributed by atoms with Crippen LogP contribution in [0.1, 0.15) is 30.9 Å². The number of rotatable bonds is 5. The molecule has 1 aliphatic heterocycles. The van der Waals surface area contributed by atoms with Gasteiger partial charge >= 0.3 is 6.03 Å². The zero-order valence-electron chi connectivity index (χ0n) is 15.7. The van der Waals surface area contributed by atoms with E-state index in [-0.39, 0.29) is 36.4 Å². The summed E-state index contributed by atoms with van der Waals surface area (Å²) >= 11 is 0. The van der Waals surface area contributed by atoms with Gasteiger partial charge in [0, 0.05) is 37.3 Å². The van der Waals surface area contributed by atoms with Gasteiger partial charge in [0.05, 0.1) is 0 Å². The Morgan fingerprint density at radius 1 is 1.00 bits per heavy atom. The molecule has 1 heterocycles. The molecule has 1 atom stereocenters. The number of likely N-dealkylation sites (tertiary alicyclic amines) is 1. The number of nitrogens with two attached hydrogens (primary N) is 1. The van der Waals surface area contributed by atoms with Crippen LogP contribution < -0.4 is 16.4 Å². The monoisotopic (exact) mass is 402 g/mol. The van der Waals surface area contributed by atoms with E-state index >= 15 is 0 Å². The first kappa shape index (κ1) is 21.7. The lowest BCUT2D eigenvalue weighted by atomic mass is 10.0. The highest BCUT2D eigenvalue weighted by Gasteiger charge is 2.25. The summed E-state index contributed by atoms with van der Waals surface area (Å²) in [5.74, 6) is 0.0681. The van der Waals surface area contributed by atoms with E-state index in [1.165, 1.54) is 0 Å². The highest BCUT2D eigenvalue weighted by atomic mass is 35.5. The Morgan fingerprint density at radius 2 is 1.57 bits per heavy atom. The molecule has 4 N–H and O–H groups in total. The van der Waals surface area contributed by atoms with Gasteiger partial charge in [0.1, 0.15) is 0 Å². The average Bonchev–Trinajstić information content (AvgIpc) is 2.70. The molecule has 0 bridgehead atoms. The summed E-state index contributed by atoms with van der Waals surface area (Å²) in [6.45, 7) is 1.27. The number of hydrogen-bond donors (Lipinski definition) is 3. The number of hydrogen-bond acceptors (Lipinski definition) is 3. The fourth-order valence-electron chi connectivity index (χ4n) is 3.28. The summed E-state index contributed by atoms with van der Waals surface area (Å²) in [6, 6.07) is 18.6. The predicted octanol–water partition coefficient (Wildman–Crippen LogP) is 3.31. The van der Waals surface area contributed by atoms with Crippen LogP contribution in [0.25, 0.3) is 0 Å². The number of amides is 3. The molecule has 1 unspecified atom stereocenters. The van der Waals surface area contributed by atoms with Gasteiger partial charge in [-0.2, -0.15) is 0 Å². The van der Waals surface area contributed by atoms with Crippen molar-refractivity contribution in [3.05, 3.63) is 66.2 Å². The largest absolute Gasteiger partial charge is 0.342 e. The predicted molar refractivity (Wildman–Crippen MR) is 113 cm³/mol. The molecule has 0 saturated carbocycles. The molecular weight excluding hydrogens is 376 g/mol. The van der Waals surface area contributed by atoms with Crippen molar-refractivity contribution in [3.63, 3.8) is 0 Å². The first-order valence-corrected chi connectivity index (χ1v) is 9.32. The number of piperidine rings is 1. The maximum absolute atomic E-state index is 12.5. The van der Waals surface area contributed by atoms with E-state index < -0.39 is 0 Å². The van der Waals surface area contributed by atoms with E-state index in [9.17, 15) is 9.59 Å². The normalized spacial score (nSPS) is 15.2. The van der Waals surface area contributed by atoms with Crippen LogP contribution >= 0.6 is 12.4 Å². The SMILES string of the molecule is Cl.NC(CC(=O)N1CCC(NC(=O)Nc2ccccc2)CC1)c1ccccc1. The Kier molecular flexibility index (Phi) is 8.29. The van der Waals surface area contributed by atoms with Gasteiger partial charge in [0.15, 0.2) is 0 Å². The van der Waals surface area contributed by atoms with Crippen molar-refractivity contribution in [1.82, 2.24) is 10.2 Å². The third-order valence-electron chi connectivity index (χ3n) is 4.84. The van der Waals surface area contributed by atoms with E-state index in [2.05, 4.69) is 10.6 Å². The zero-order valence-corrected chi connectivity index (χ0v) is 16.5. The summed E-state index contributed by atoms with van der Waals surface area (Å²) in [4.78, 5) is 26.4. The van der Waals surface area contributed by atoms with Gasteiger partial charge in [-0.15, -0.1) is 12.4 Å². The number of benzene rings is 2. The third kappa shape index (κ3) is 6.25. The third-order valence-corrected chi connectivity index (χ3v) is 4.84. The fourth-order valence-corrected chi connectivity index (χ4v) is 3.28. The summed E-state index contributed by atoms with van der Waals surface area (Å²) in [5, 5.41) is 5.80. The second kappa shape index (κ2) is 10.7. The van der Waals surface area contributed by atoms with Crippen LogP contribution in [0.3, 0.4) is 0 Å². The Balaban J connectivity index is 0.00000280. The fraction of sp³-hybridized carbons (Fsp3) is 0.333. The van der Waals surface area contributed by atoms with Crippen molar-refractivity contribution in [3.8, 4) is 0 Å². The molecule has 1 saturated heterocycles. The minimum atomic E-state index is -0.286. The van der Waals surface area contributed by atoms with Crippen molar-refractivity contribution in [2.45, 2.75) is 31.3 Å². The summed E-state index contributed by atoms with van der Waals surface area (Å²) in [6.07, 6.45) is 1.79. The number of nitrogens with one attached hydrogen (secondary N) is 2. The number of halogens is 1. The molecule has 28 heavy (non-hydrogen) atoms. The maximum atomic E-state index is 12.5. The molecule has 150 valence electrons. The first-order chi connectivity index (χ1) is 13.1. The van der Waals surface area contributed by atoms with Gasteiger partial charge in [-0.3, -0.25) is 4.79 Å². The van der Waals surface area contributed by atoms with Crippen LogP contribution in [-0.2, 0) is 4.79 Å². The van der Waals surface area contributed by atoms with E-state index in [0.29, 0.717) is 19.5 Å². The van der Waals surface area contributed by atoms with E-state index in [1.807, 2.05) is 65.6 Å². The Morgan fingerprint density at radius 3 is 2.18 bits per heavy atom. The van der Waals surface area contributed by atoms with Crippen LogP contribution in [0.5, 0.6) is 0 Å². The number of nitrogens with zero attached hydrogens (tertiary/aromatic N) is 1. The molecule has 6 nitrogen and oxygen atoms in total. The minimum absolute atomic E-state index is 0. The number of carbonyl (C=O) groups is 2. The molecular formula is C21H27ClN4O2. The second-order valence-corrected chi connectivity index (χ2v) is 6.84. The molecule has 3 amide bonds. The van der Waals surface area contributed by atoms with Crippen molar-refractivity contribution in [2.24, 2.45) is 5.73 Å². The lowest BCUT2D eigenvalue weighted by molar-refractivity contribution is -0.132. The van der Waals surface area contributed by atoms with Crippen molar-refractivity contribution < 1.29 is 9.59 Å². The van der Waals surface area contributed by atoms with Crippen LogP contribution in [-0.4, -0.2) is 36.0 Å². The van der Waals surface area contributed by atoms with Crippen molar-refractivity contribution >= 4 is 30.0 Å². The van der Waals surface area contributed by atoms with Gasteiger partial charge in [-0.05, 0) is 30.5 Å². The van der Waals surface area contributed by atoms with E-state index in [1.54, 1.807) is 0 Å². The zero-order chi connectivity index (χ0) is 19.1. The molecule has 1 aliphatic rings. The lowest BCUT2D eigenvalue weighted by Gasteiger charge is -2.33. The number of urea groups is 1. The Bertz CT molecular complexity index is 750. The average molecular weight is 403 g/mol. The quantitative estimate of drug-likeness (QED) is 0.716. The highest BCUT2D eigenvalue weighted by Crippen LogP contribution is 2.18. The summed E-state index contributed by atoms with van der Waals surface area (Å²) in [5.41, 5.74) is 7.89. The molecule has 0 spiro atoms. The van der Waals surface area contributed by atoms with Gasteiger partial charge in [0.2, 0.25) is 5.91 Å². The number of carbonyl (C=O) groups excluding carboxylic acids is 2. The summed E-state index contributed by atoms with van der Waals surface area (Å²) < 4.78 is 0. The number of para-hydroxylation sites is 1. The summed E-state index contributed by atoms with van der Waals surface area (Å²) in [7, 11) is 0. The molecule has 0 aromatic heterocycles. The molecule has 2 aromatic rings. The molecule has 2 aromatic carbocycles. The lowest BCUT2D eigenvalue weighted by Crippen LogP contribution is -2.47. The van der Waals surface area contributed by atoms with Crippen molar-refractivity contribution in [2.75, 3.05) is 18.4 Å². The smallest absolute Gasteiger partial charge is 0.319 e.